The first-order valence-corrected chi connectivity index (χ1v) is 9.71. The molecule has 2 fully saturated rings. The van der Waals surface area contributed by atoms with Gasteiger partial charge >= 0.3 is 0 Å². The summed E-state index contributed by atoms with van der Waals surface area (Å²) in [6.07, 6.45) is 5.06. The van der Waals surface area contributed by atoms with Crippen LogP contribution < -0.4 is 5.32 Å². The molecule has 0 saturated carbocycles. The molecule has 2 bridgehead atoms. The summed E-state index contributed by atoms with van der Waals surface area (Å²) in [5.74, 6) is 0.887. The number of rotatable bonds is 3. The Morgan fingerprint density at radius 1 is 1.00 bits per heavy atom. The minimum Gasteiger partial charge on any atom is -0.507 e. The summed E-state index contributed by atoms with van der Waals surface area (Å²) in [6, 6.07) is 13.4. The number of anilines is 1. The molecule has 0 amide bonds. The lowest BCUT2D eigenvalue weighted by Gasteiger charge is -2.29. The van der Waals surface area contributed by atoms with Gasteiger partial charge in [-0.15, -0.1) is 10.2 Å². The highest BCUT2D eigenvalue weighted by atomic mass is 35.5. The van der Waals surface area contributed by atoms with Crippen molar-refractivity contribution in [2.45, 2.75) is 43.9 Å². The van der Waals surface area contributed by atoms with Crippen LogP contribution in [0.1, 0.15) is 25.7 Å². The first-order valence-electron chi connectivity index (χ1n) is 9.33. The summed E-state index contributed by atoms with van der Waals surface area (Å²) < 4.78 is 5.94. The van der Waals surface area contributed by atoms with E-state index in [0.717, 1.165) is 42.3 Å². The van der Waals surface area contributed by atoms with Crippen molar-refractivity contribution in [3.8, 4) is 17.0 Å². The summed E-state index contributed by atoms with van der Waals surface area (Å²) >= 11 is 5.97. The zero-order valence-corrected chi connectivity index (χ0v) is 15.5. The third-order valence-electron chi connectivity index (χ3n) is 5.53. The average Bonchev–Trinajstić information content (AvgIpc) is 3.01. The van der Waals surface area contributed by atoms with Gasteiger partial charge in [-0.25, -0.2) is 0 Å². The number of halogens is 1. The zero-order chi connectivity index (χ0) is 18.4. The van der Waals surface area contributed by atoms with Crippen LogP contribution in [-0.4, -0.2) is 33.6 Å². The number of benzene rings is 2. The van der Waals surface area contributed by atoms with Crippen molar-refractivity contribution in [3.05, 3.63) is 47.5 Å². The summed E-state index contributed by atoms with van der Waals surface area (Å²) in [7, 11) is 0. The zero-order valence-electron chi connectivity index (χ0n) is 14.7. The van der Waals surface area contributed by atoms with E-state index in [0.29, 0.717) is 34.5 Å². The number of aromatic nitrogens is 2. The lowest BCUT2D eigenvalue weighted by molar-refractivity contribution is 0.000663. The highest BCUT2D eigenvalue weighted by molar-refractivity contribution is 6.30. The molecule has 0 radical (unpaired) electrons. The van der Waals surface area contributed by atoms with Crippen molar-refractivity contribution in [1.29, 1.82) is 0 Å². The third-order valence-corrected chi connectivity index (χ3v) is 5.77. The van der Waals surface area contributed by atoms with Crippen molar-refractivity contribution in [2.75, 3.05) is 5.32 Å². The maximum atomic E-state index is 10.3. The first-order chi connectivity index (χ1) is 13.2. The van der Waals surface area contributed by atoms with E-state index >= 15 is 0 Å². The molecule has 3 heterocycles. The minimum atomic E-state index is 0.101. The average molecular weight is 382 g/mol. The van der Waals surface area contributed by atoms with Crippen LogP contribution in [0.2, 0.25) is 5.02 Å². The van der Waals surface area contributed by atoms with Crippen LogP contribution in [0.5, 0.6) is 5.75 Å². The highest BCUT2D eigenvalue weighted by Gasteiger charge is 2.35. The van der Waals surface area contributed by atoms with Gasteiger partial charge in [-0.1, -0.05) is 35.9 Å². The van der Waals surface area contributed by atoms with E-state index in [1.54, 1.807) is 12.1 Å². The largest absolute Gasteiger partial charge is 0.507 e. The molecule has 6 heteroatoms. The van der Waals surface area contributed by atoms with Gasteiger partial charge in [0, 0.05) is 27.4 Å². The molecule has 0 spiro atoms. The molecule has 0 aliphatic carbocycles. The number of phenols is 1. The van der Waals surface area contributed by atoms with Gasteiger partial charge in [0.2, 0.25) is 0 Å². The maximum Gasteiger partial charge on any atom is 0.156 e. The summed E-state index contributed by atoms with van der Waals surface area (Å²) in [5.41, 5.74) is 1.27. The smallest absolute Gasteiger partial charge is 0.156 e. The molecule has 2 atom stereocenters. The molecule has 2 saturated heterocycles. The predicted octanol–water partition coefficient (Wildman–Crippen LogP) is 4.78. The Morgan fingerprint density at radius 3 is 2.48 bits per heavy atom. The predicted molar refractivity (Wildman–Crippen MR) is 106 cm³/mol. The molecule has 138 valence electrons. The number of aromatic hydroxyl groups is 1. The van der Waals surface area contributed by atoms with E-state index in [9.17, 15) is 5.11 Å². The van der Waals surface area contributed by atoms with Gasteiger partial charge in [0.05, 0.1) is 12.2 Å². The Hall–Kier alpha value is -2.37. The van der Waals surface area contributed by atoms with E-state index in [1.165, 1.54) is 6.07 Å². The highest BCUT2D eigenvalue weighted by Crippen LogP contribution is 2.37. The van der Waals surface area contributed by atoms with E-state index in [2.05, 4.69) is 15.5 Å². The third kappa shape index (κ3) is 3.11. The van der Waals surface area contributed by atoms with Gasteiger partial charge < -0.3 is 15.2 Å². The van der Waals surface area contributed by atoms with Crippen LogP contribution in [0.15, 0.2) is 42.5 Å². The molecule has 3 aromatic rings. The van der Waals surface area contributed by atoms with Crippen LogP contribution in [0.25, 0.3) is 22.0 Å². The second kappa shape index (κ2) is 6.66. The molecule has 27 heavy (non-hydrogen) atoms. The molecule has 5 nitrogen and oxygen atoms in total. The number of nitrogens with one attached hydrogen (secondary N) is 1. The van der Waals surface area contributed by atoms with Crippen molar-refractivity contribution >= 4 is 28.2 Å². The Balaban J connectivity index is 1.54. The Kier molecular flexibility index (Phi) is 4.14. The second-order valence-corrected chi connectivity index (χ2v) is 7.81. The SMILES string of the molecule is Oc1cc(Cl)ccc1-c1nnc(NC2CC3CCC(C2)O3)c2ccccc12. The first kappa shape index (κ1) is 16.8. The molecular weight excluding hydrogens is 362 g/mol. The molecule has 1 aromatic heterocycles. The van der Waals surface area contributed by atoms with Crippen LogP contribution in [0, 0.1) is 0 Å². The Morgan fingerprint density at radius 2 is 1.74 bits per heavy atom. The maximum absolute atomic E-state index is 10.3. The van der Waals surface area contributed by atoms with Crippen molar-refractivity contribution in [2.24, 2.45) is 0 Å². The fourth-order valence-corrected chi connectivity index (χ4v) is 4.45. The van der Waals surface area contributed by atoms with Crippen LogP contribution in [0.4, 0.5) is 5.82 Å². The van der Waals surface area contributed by atoms with Crippen LogP contribution in [-0.2, 0) is 4.74 Å². The minimum absolute atomic E-state index is 0.101. The van der Waals surface area contributed by atoms with Crippen molar-refractivity contribution < 1.29 is 9.84 Å². The summed E-state index contributed by atoms with van der Waals surface area (Å²) in [4.78, 5) is 0. The van der Waals surface area contributed by atoms with E-state index in [4.69, 9.17) is 16.3 Å². The molecule has 2 aliphatic rings. The number of hydrogen-bond acceptors (Lipinski definition) is 5. The van der Waals surface area contributed by atoms with E-state index < -0.39 is 0 Å². The number of nitrogens with zero attached hydrogens (tertiary/aromatic N) is 2. The van der Waals surface area contributed by atoms with E-state index in [1.807, 2.05) is 24.3 Å². The lowest BCUT2D eigenvalue weighted by Crippen LogP contribution is -2.34. The van der Waals surface area contributed by atoms with Gasteiger partial charge in [0.25, 0.3) is 0 Å². The lowest BCUT2D eigenvalue weighted by atomic mass is 10.0. The van der Waals surface area contributed by atoms with Crippen molar-refractivity contribution in [3.63, 3.8) is 0 Å². The normalized spacial score (nSPS) is 24.3. The number of phenolic OH excluding ortho intramolecular Hbond substituents is 1. The van der Waals surface area contributed by atoms with Gasteiger partial charge in [-0.05, 0) is 43.9 Å². The molecular formula is C21H20ClN3O2. The number of hydrogen-bond donors (Lipinski definition) is 2. The molecule has 2 aromatic carbocycles. The molecule has 2 aliphatic heterocycles. The van der Waals surface area contributed by atoms with Crippen molar-refractivity contribution in [1.82, 2.24) is 10.2 Å². The number of ether oxygens (including phenoxy) is 1. The van der Waals surface area contributed by atoms with Gasteiger partial charge in [0.1, 0.15) is 11.4 Å². The standard InChI is InChI=1S/C21H20ClN3O2/c22-12-5-8-18(19(26)9-12)20-16-3-1-2-4-17(16)21(25-24-20)23-13-10-14-6-7-15(11-13)27-14/h1-5,8-9,13-15,26H,6-7,10-11H2,(H,23,25). The fraction of sp³-hybridized carbons (Fsp3) is 0.333. The quantitative estimate of drug-likeness (QED) is 0.683. The fourth-order valence-electron chi connectivity index (χ4n) is 4.28. The molecule has 5 rings (SSSR count). The molecule has 2 N–H and O–H groups in total. The molecule has 2 unspecified atom stereocenters. The van der Waals surface area contributed by atoms with Gasteiger partial charge in [-0.3, -0.25) is 0 Å². The van der Waals surface area contributed by atoms with Crippen LogP contribution in [0.3, 0.4) is 0 Å². The topological polar surface area (TPSA) is 67.3 Å². The number of fused-ring (bicyclic) bond motifs is 3. The monoisotopic (exact) mass is 381 g/mol. The van der Waals surface area contributed by atoms with E-state index in [-0.39, 0.29) is 5.75 Å². The Bertz CT molecular complexity index is 998. The summed E-state index contributed by atoms with van der Waals surface area (Å²) in [5, 5.41) is 25.2. The second-order valence-electron chi connectivity index (χ2n) is 7.37. The summed E-state index contributed by atoms with van der Waals surface area (Å²) in [6.45, 7) is 0. The Labute approximate surface area is 162 Å². The van der Waals surface area contributed by atoms with Gasteiger partial charge in [0.15, 0.2) is 5.82 Å². The van der Waals surface area contributed by atoms with Crippen LogP contribution >= 0.6 is 11.6 Å². The van der Waals surface area contributed by atoms with Gasteiger partial charge in [-0.2, -0.15) is 0 Å².